The zero-order valence-corrected chi connectivity index (χ0v) is 24.6. The van der Waals surface area contributed by atoms with Gasteiger partial charge in [0.25, 0.3) is 0 Å². The van der Waals surface area contributed by atoms with Gasteiger partial charge in [-0.2, -0.15) is 0 Å². The summed E-state index contributed by atoms with van der Waals surface area (Å²) in [7, 11) is 0. The van der Waals surface area contributed by atoms with Gasteiger partial charge in [-0.3, -0.25) is 8.97 Å². The van der Waals surface area contributed by atoms with Crippen molar-refractivity contribution in [3.63, 3.8) is 0 Å². The molecule has 0 amide bonds. The van der Waals surface area contributed by atoms with Gasteiger partial charge in [-0.1, -0.05) is 109 Å². The molecule has 5 aromatic carbocycles. The molecule has 0 spiro atoms. The molecule has 4 aromatic heterocycles. The van der Waals surface area contributed by atoms with E-state index in [1.54, 1.807) is 0 Å². The first-order chi connectivity index (χ1) is 22.8. The molecule has 0 aliphatic carbocycles. The lowest BCUT2D eigenvalue weighted by Crippen LogP contribution is -2.01. The van der Waals surface area contributed by atoms with Gasteiger partial charge in [0.1, 0.15) is 22.5 Å². The van der Waals surface area contributed by atoms with Crippen LogP contribution in [0.15, 0.2) is 152 Å². The molecule has 0 fully saturated rings. The highest BCUT2D eigenvalue weighted by atomic mass is 15.1. The molecule has 0 aliphatic heterocycles. The number of fused-ring (bicyclic) bond motifs is 5. The molecule has 0 unspecified atom stereocenters. The van der Waals surface area contributed by atoms with Crippen LogP contribution in [0, 0.1) is 0 Å². The van der Waals surface area contributed by atoms with E-state index in [4.69, 9.17) is 24.9 Å². The van der Waals surface area contributed by atoms with Crippen LogP contribution < -0.4 is 0 Å². The number of pyridine rings is 1. The summed E-state index contributed by atoms with van der Waals surface area (Å²) in [6.45, 7) is 0. The predicted octanol–water partition coefficient (Wildman–Crippen LogP) is 8.68. The van der Waals surface area contributed by atoms with Gasteiger partial charge in [0, 0.05) is 34.1 Å². The molecule has 0 bridgehead atoms. The SMILES string of the molecule is c1ccc(-c2nc(-c3ccccc3)nc(-c3cccc(-n4c(-c5ccccc5)nc5c4ccc4nc6ccccn6c45)c3)n2)cc1. The molecule has 216 valence electrons. The minimum Gasteiger partial charge on any atom is -0.298 e. The van der Waals surface area contributed by atoms with Crippen LogP contribution in [0.5, 0.6) is 0 Å². The van der Waals surface area contributed by atoms with Crippen molar-refractivity contribution in [2.24, 2.45) is 0 Å². The Bertz CT molecular complexity index is 2460. The van der Waals surface area contributed by atoms with Crippen molar-refractivity contribution in [1.82, 2.24) is 33.9 Å². The lowest BCUT2D eigenvalue weighted by Gasteiger charge is -2.12. The zero-order chi connectivity index (χ0) is 30.5. The second kappa shape index (κ2) is 10.6. The number of hydrogen-bond acceptors (Lipinski definition) is 5. The van der Waals surface area contributed by atoms with Gasteiger partial charge < -0.3 is 0 Å². The first-order valence-electron chi connectivity index (χ1n) is 15.1. The summed E-state index contributed by atoms with van der Waals surface area (Å²) in [5, 5.41) is 0. The third kappa shape index (κ3) is 4.33. The molecule has 0 saturated heterocycles. The van der Waals surface area contributed by atoms with E-state index in [1.165, 1.54) is 0 Å². The maximum Gasteiger partial charge on any atom is 0.164 e. The Morgan fingerprint density at radius 2 is 1.02 bits per heavy atom. The zero-order valence-electron chi connectivity index (χ0n) is 24.6. The predicted molar refractivity (Wildman–Crippen MR) is 182 cm³/mol. The normalized spacial score (nSPS) is 11.5. The summed E-state index contributed by atoms with van der Waals surface area (Å²) >= 11 is 0. The summed E-state index contributed by atoms with van der Waals surface area (Å²) in [6.07, 6.45) is 2.04. The van der Waals surface area contributed by atoms with E-state index in [9.17, 15) is 0 Å². The summed E-state index contributed by atoms with van der Waals surface area (Å²) in [5.74, 6) is 2.70. The highest BCUT2D eigenvalue weighted by molar-refractivity contribution is 6.04. The van der Waals surface area contributed by atoms with Gasteiger partial charge in [0.2, 0.25) is 0 Å². The highest BCUT2D eigenvalue weighted by Gasteiger charge is 2.20. The van der Waals surface area contributed by atoms with Crippen LogP contribution in [0.1, 0.15) is 0 Å². The van der Waals surface area contributed by atoms with Gasteiger partial charge in [-0.05, 0) is 36.4 Å². The number of rotatable bonds is 5. The van der Waals surface area contributed by atoms with E-state index < -0.39 is 0 Å². The molecule has 46 heavy (non-hydrogen) atoms. The minimum atomic E-state index is 0.601. The first kappa shape index (κ1) is 26.0. The molecule has 0 saturated carbocycles. The number of benzene rings is 5. The number of imidazole rings is 2. The van der Waals surface area contributed by atoms with Gasteiger partial charge in [0.15, 0.2) is 17.5 Å². The lowest BCUT2D eigenvalue weighted by molar-refractivity contribution is 1.07. The minimum absolute atomic E-state index is 0.601. The molecule has 9 aromatic rings. The van der Waals surface area contributed by atoms with Gasteiger partial charge >= 0.3 is 0 Å². The molecule has 0 aliphatic rings. The van der Waals surface area contributed by atoms with Crippen LogP contribution in [0.25, 0.3) is 79.0 Å². The van der Waals surface area contributed by atoms with Crippen molar-refractivity contribution < 1.29 is 0 Å². The largest absolute Gasteiger partial charge is 0.298 e. The Balaban J connectivity index is 1.28. The van der Waals surface area contributed by atoms with E-state index in [2.05, 4.69) is 45.4 Å². The highest BCUT2D eigenvalue weighted by Crippen LogP contribution is 2.34. The molecular formula is C39H25N7. The van der Waals surface area contributed by atoms with Crippen LogP contribution in [0.3, 0.4) is 0 Å². The average molecular weight is 592 g/mol. The van der Waals surface area contributed by atoms with E-state index in [-0.39, 0.29) is 0 Å². The molecule has 0 atom stereocenters. The van der Waals surface area contributed by atoms with Crippen LogP contribution in [0.2, 0.25) is 0 Å². The third-order valence-corrected chi connectivity index (χ3v) is 8.19. The van der Waals surface area contributed by atoms with Crippen molar-refractivity contribution in [2.45, 2.75) is 0 Å². The van der Waals surface area contributed by atoms with Crippen molar-refractivity contribution >= 4 is 27.7 Å². The standard InChI is InChI=1S/C39H25N7/c1-4-13-26(14-5-1)36-42-37(27-15-6-2-7-16-27)44-38(43-36)29-19-12-20-30(25-29)46-32-23-22-31-35(45-24-11-10-21-33(45)40-31)34(32)41-39(46)28-17-8-3-9-18-28/h1-25H. The molecule has 0 radical (unpaired) electrons. The number of hydrogen-bond donors (Lipinski definition) is 0. The topological polar surface area (TPSA) is 73.8 Å². The fraction of sp³-hybridized carbons (Fsp3) is 0. The maximum absolute atomic E-state index is 5.28. The smallest absolute Gasteiger partial charge is 0.164 e. The first-order valence-corrected chi connectivity index (χ1v) is 15.1. The van der Waals surface area contributed by atoms with Crippen molar-refractivity contribution in [3.05, 3.63) is 152 Å². The Hall–Kier alpha value is -6.47. The number of aromatic nitrogens is 7. The summed E-state index contributed by atoms with van der Waals surface area (Å²) in [4.78, 5) is 25.0. The van der Waals surface area contributed by atoms with Gasteiger partial charge in [0.05, 0.1) is 11.0 Å². The average Bonchev–Trinajstić information content (AvgIpc) is 3.71. The van der Waals surface area contributed by atoms with E-state index in [1.807, 2.05) is 115 Å². The summed E-state index contributed by atoms with van der Waals surface area (Å²) in [5.41, 5.74) is 9.37. The Kier molecular flexibility index (Phi) is 5.99. The van der Waals surface area contributed by atoms with Crippen molar-refractivity contribution in [3.8, 4) is 51.2 Å². The van der Waals surface area contributed by atoms with Crippen molar-refractivity contribution in [1.29, 1.82) is 0 Å². The second-order valence-corrected chi connectivity index (χ2v) is 11.1. The summed E-state index contributed by atoms with van der Waals surface area (Å²) < 4.78 is 4.33. The molecule has 7 heteroatoms. The monoisotopic (exact) mass is 591 g/mol. The fourth-order valence-corrected chi connectivity index (χ4v) is 6.05. The van der Waals surface area contributed by atoms with E-state index >= 15 is 0 Å². The molecule has 9 rings (SSSR count). The summed E-state index contributed by atoms with van der Waals surface area (Å²) in [6, 6.07) is 48.9. The molecular weight excluding hydrogens is 566 g/mol. The Labute approximate surface area is 264 Å². The fourth-order valence-electron chi connectivity index (χ4n) is 6.05. The Morgan fingerprint density at radius 3 is 1.70 bits per heavy atom. The van der Waals surface area contributed by atoms with Crippen LogP contribution in [-0.4, -0.2) is 33.9 Å². The number of nitrogens with zero attached hydrogens (tertiary/aromatic N) is 7. The molecule has 7 nitrogen and oxygen atoms in total. The second-order valence-electron chi connectivity index (χ2n) is 11.1. The van der Waals surface area contributed by atoms with E-state index in [0.717, 1.165) is 61.5 Å². The lowest BCUT2D eigenvalue weighted by atomic mass is 10.1. The Morgan fingerprint density at radius 1 is 0.435 bits per heavy atom. The van der Waals surface area contributed by atoms with Gasteiger partial charge in [-0.15, -0.1) is 0 Å². The van der Waals surface area contributed by atoms with Crippen LogP contribution in [0.4, 0.5) is 0 Å². The van der Waals surface area contributed by atoms with Crippen LogP contribution in [-0.2, 0) is 0 Å². The van der Waals surface area contributed by atoms with Crippen molar-refractivity contribution in [2.75, 3.05) is 0 Å². The van der Waals surface area contributed by atoms with Gasteiger partial charge in [-0.25, -0.2) is 24.9 Å². The molecule has 4 heterocycles. The van der Waals surface area contributed by atoms with E-state index in [0.29, 0.717) is 17.5 Å². The third-order valence-electron chi connectivity index (χ3n) is 8.19. The maximum atomic E-state index is 5.28. The molecule has 0 N–H and O–H groups in total. The quantitative estimate of drug-likeness (QED) is 0.200. The van der Waals surface area contributed by atoms with Crippen LogP contribution >= 0.6 is 0 Å².